The average molecular weight is 348 g/mol. The van der Waals surface area contributed by atoms with E-state index in [2.05, 4.69) is 15.4 Å². The van der Waals surface area contributed by atoms with Crippen LogP contribution in [0.3, 0.4) is 0 Å². The van der Waals surface area contributed by atoms with Crippen molar-refractivity contribution in [1.29, 1.82) is 0 Å². The van der Waals surface area contributed by atoms with E-state index >= 15 is 0 Å². The smallest absolute Gasteiger partial charge is 0.258 e. The van der Waals surface area contributed by atoms with Crippen LogP contribution in [0.5, 0.6) is 0 Å². The molecule has 0 saturated heterocycles. The lowest BCUT2D eigenvalue weighted by Gasteiger charge is -2.03. The first kappa shape index (κ1) is 15.5. The molecule has 0 aliphatic heterocycles. The van der Waals surface area contributed by atoms with Gasteiger partial charge in [-0.3, -0.25) is 9.48 Å². The van der Waals surface area contributed by atoms with Crippen molar-refractivity contribution in [3.8, 4) is 0 Å². The summed E-state index contributed by atoms with van der Waals surface area (Å²) >= 11 is 1.62. The van der Waals surface area contributed by atoms with Crippen LogP contribution >= 0.6 is 11.3 Å². The van der Waals surface area contributed by atoms with Crippen molar-refractivity contribution in [2.24, 2.45) is 0 Å². The molecule has 0 aliphatic carbocycles. The summed E-state index contributed by atoms with van der Waals surface area (Å²) in [6.07, 6.45) is 3.35. The lowest BCUT2D eigenvalue weighted by atomic mass is 10.2. The van der Waals surface area contributed by atoms with Gasteiger partial charge in [0, 0.05) is 11.9 Å². The minimum absolute atomic E-state index is 0.167. The van der Waals surface area contributed by atoms with Crippen LogP contribution < -0.4 is 5.32 Å². The maximum Gasteiger partial charge on any atom is 0.258 e. The molecule has 0 fully saturated rings. The quantitative estimate of drug-likeness (QED) is 0.604. The summed E-state index contributed by atoms with van der Waals surface area (Å²) in [5.74, 6) is -0.167. The monoisotopic (exact) mass is 348 g/mol. The van der Waals surface area contributed by atoms with Crippen LogP contribution in [0.2, 0.25) is 0 Å². The molecule has 1 amide bonds. The van der Waals surface area contributed by atoms with Crippen LogP contribution in [0, 0.1) is 6.92 Å². The second-order valence-corrected chi connectivity index (χ2v) is 7.02. The molecule has 2 heterocycles. The highest BCUT2D eigenvalue weighted by Crippen LogP contribution is 2.25. The molecule has 4 rings (SSSR count). The number of fused-ring (bicyclic) bond motifs is 1. The molecule has 2 aromatic heterocycles. The van der Waals surface area contributed by atoms with Crippen molar-refractivity contribution in [3.63, 3.8) is 0 Å². The first-order chi connectivity index (χ1) is 12.2. The lowest BCUT2D eigenvalue weighted by molar-refractivity contribution is 0.102. The summed E-state index contributed by atoms with van der Waals surface area (Å²) in [6.45, 7) is 2.62. The van der Waals surface area contributed by atoms with Gasteiger partial charge in [-0.25, -0.2) is 4.98 Å². The number of aryl methyl sites for hydroxylation is 1. The molecule has 0 atom stereocenters. The third kappa shape index (κ3) is 3.44. The normalized spacial score (nSPS) is 10.9. The number of rotatable bonds is 4. The van der Waals surface area contributed by atoms with Crippen molar-refractivity contribution in [2.75, 3.05) is 5.32 Å². The van der Waals surface area contributed by atoms with E-state index in [0.29, 0.717) is 12.1 Å². The van der Waals surface area contributed by atoms with Crippen LogP contribution in [0.1, 0.15) is 20.9 Å². The van der Waals surface area contributed by atoms with E-state index in [1.165, 1.54) is 0 Å². The van der Waals surface area contributed by atoms with Crippen LogP contribution in [0.4, 0.5) is 5.69 Å². The van der Waals surface area contributed by atoms with Crippen LogP contribution in [-0.4, -0.2) is 20.7 Å². The number of nitrogens with one attached hydrogen (secondary N) is 1. The van der Waals surface area contributed by atoms with Crippen molar-refractivity contribution in [2.45, 2.75) is 13.5 Å². The Morgan fingerprint density at radius 1 is 1.20 bits per heavy atom. The standard InChI is InChI=1S/C19H16N4OS/c1-13-21-17-8-7-16(9-18(17)25-13)22-19(24)15-10-20-23(12-15)11-14-5-3-2-4-6-14/h2-10,12H,11H2,1H3,(H,22,24). The van der Waals surface area contributed by atoms with Gasteiger partial charge in [-0.2, -0.15) is 5.10 Å². The van der Waals surface area contributed by atoms with Gasteiger partial charge in [0.2, 0.25) is 0 Å². The molecule has 6 heteroatoms. The summed E-state index contributed by atoms with van der Waals surface area (Å²) < 4.78 is 2.83. The Hall–Kier alpha value is -2.99. The number of carbonyl (C=O) groups is 1. The van der Waals surface area contributed by atoms with E-state index in [9.17, 15) is 4.79 Å². The highest BCUT2D eigenvalue weighted by molar-refractivity contribution is 7.18. The van der Waals surface area contributed by atoms with E-state index in [0.717, 1.165) is 26.5 Å². The summed E-state index contributed by atoms with van der Waals surface area (Å²) in [4.78, 5) is 16.9. The SMILES string of the molecule is Cc1nc2ccc(NC(=O)c3cnn(Cc4ccccc4)c3)cc2s1. The fourth-order valence-corrected chi connectivity index (χ4v) is 3.53. The van der Waals surface area contributed by atoms with Crippen molar-refractivity contribution >= 4 is 33.1 Å². The molecule has 0 aliphatic rings. The molecule has 5 nitrogen and oxygen atoms in total. The van der Waals surface area contributed by atoms with E-state index in [-0.39, 0.29) is 5.91 Å². The highest BCUT2D eigenvalue weighted by Gasteiger charge is 2.10. The third-order valence-electron chi connectivity index (χ3n) is 3.84. The highest BCUT2D eigenvalue weighted by atomic mass is 32.1. The van der Waals surface area contributed by atoms with E-state index in [1.54, 1.807) is 28.4 Å². The molecule has 2 aromatic carbocycles. The largest absolute Gasteiger partial charge is 0.322 e. The van der Waals surface area contributed by atoms with Gasteiger partial charge in [0.1, 0.15) is 0 Å². The summed E-state index contributed by atoms with van der Waals surface area (Å²) in [7, 11) is 0. The molecule has 0 unspecified atom stereocenters. The number of nitrogens with zero attached hydrogens (tertiary/aromatic N) is 3. The van der Waals surface area contributed by atoms with Gasteiger partial charge in [-0.05, 0) is 30.7 Å². The molecule has 0 saturated carbocycles. The van der Waals surface area contributed by atoms with Gasteiger partial charge in [0.25, 0.3) is 5.91 Å². The summed E-state index contributed by atoms with van der Waals surface area (Å²) in [6, 6.07) is 15.8. The number of carbonyl (C=O) groups excluding carboxylic acids is 1. The molecule has 0 bridgehead atoms. The maximum absolute atomic E-state index is 12.4. The zero-order valence-electron chi connectivity index (χ0n) is 13.6. The molecular weight excluding hydrogens is 332 g/mol. The molecule has 0 spiro atoms. The molecule has 124 valence electrons. The van der Waals surface area contributed by atoms with Gasteiger partial charge in [0.05, 0.1) is 33.5 Å². The van der Waals surface area contributed by atoms with Crippen LogP contribution in [0.25, 0.3) is 10.2 Å². The van der Waals surface area contributed by atoms with Gasteiger partial charge >= 0.3 is 0 Å². The van der Waals surface area contributed by atoms with E-state index in [4.69, 9.17) is 0 Å². The second-order valence-electron chi connectivity index (χ2n) is 5.78. The van der Waals surface area contributed by atoms with Crippen molar-refractivity contribution < 1.29 is 4.79 Å². The summed E-state index contributed by atoms with van der Waals surface area (Å²) in [5.41, 5.74) is 3.40. The zero-order valence-corrected chi connectivity index (χ0v) is 14.5. The molecular formula is C19H16N4OS. The maximum atomic E-state index is 12.4. The topological polar surface area (TPSA) is 59.8 Å². The number of thiazole rings is 1. The molecule has 25 heavy (non-hydrogen) atoms. The minimum Gasteiger partial charge on any atom is -0.322 e. The van der Waals surface area contributed by atoms with Crippen LogP contribution in [0.15, 0.2) is 60.9 Å². The van der Waals surface area contributed by atoms with Crippen molar-refractivity contribution in [3.05, 3.63) is 77.1 Å². The Bertz CT molecular complexity index is 1040. The fraction of sp³-hybridized carbons (Fsp3) is 0.105. The molecule has 1 N–H and O–H groups in total. The zero-order chi connectivity index (χ0) is 17.2. The number of benzene rings is 2. The number of amides is 1. The van der Waals surface area contributed by atoms with Gasteiger partial charge < -0.3 is 5.32 Å². The first-order valence-electron chi connectivity index (χ1n) is 7.92. The summed E-state index contributed by atoms with van der Waals surface area (Å²) in [5, 5.41) is 8.21. The van der Waals surface area contributed by atoms with Gasteiger partial charge in [-0.15, -0.1) is 11.3 Å². The number of hydrogen-bond donors (Lipinski definition) is 1. The van der Waals surface area contributed by atoms with Gasteiger partial charge in [-0.1, -0.05) is 30.3 Å². The molecule has 4 aromatic rings. The Morgan fingerprint density at radius 2 is 2.04 bits per heavy atom. The van der Waals surface area contributed by atoms with Crippen molar-refractivity contribution in [1.82, 2.24) is 14.8 Å². The Kier molecular flexibility index (Phi) is 4.03. The Balaban J connectivity index is 1.48. The first-order valence-corrected chi connectivity index (χ1v) is 8.74. The predicted molar refractivity (Wildman–Crippen MR) is 100 cm³/mol. The van der Waals surface area contributed by atoms with Crippen LogP contribution in [-0.2, 0) is 6.54 Å². The lowest BCUT2D eigenvalue weighted by Crippen LogP contribution is -2.11. The minimum atomic E-state index is -0.167. The van der Waals surface area contributed by atoms with E-state index in [1.807, 2.05) is 55.5 Å². The third-order valence-corrected chi connectivity index (χ3v) is 4.77. The average Bonchev–Trinajstić information content (AvgIpc) is 3.21. The Morgan fingerprint density at radius 3 is 2.88 bits per heavy atom. The number of hydrogen-bond acceptors (Lipinski definition) is 4. The fourth-order valence-electron chi connectivity index (χ4n) is 2.66. The van der Waals surface area contributed by atoms with E-state index < -0.39 is 0 Å². The Labute approximate surface area is 149 Å². The predicted octanol–water partition coefficient (Wildman–Crippen LogP) is 4.10. The van der Waals surface area contributed by atoms with Gasteiger partial charge in [0.15, 0.2) is 0 Å². The number of aromatic nitrogens is 3. The second kappa shape index (κ2) is 6.49. The number of anilines is 1. The molecule has 0 radical (unpaired) electrons.